The highest BCUT2D eigenvalue weighted by Crippen LogP contribution is 2.20. The summed E-state index contributed by atoms with van der Waals surface area (Å²) in [4.78, 5) is 27.3. The van der Waals surface area contributed by atoms with Crippen molar-refractivity contribution in [3.05, 3.63) is 59.7 Å². The zero-order valence-corrected chi connectivity index (χ0v) is 17.2. The Bertz CT molecular complexity index is 844. The average molecular weight is 395 g/mol. The highest BCUT2D eigenvalue weighted by atomic mass is 16.2. The number of carbonyl (C=O) groups is 2. The Morgan fingerprint density at radius 3 is 2.48 bits per heavy atom. The Morgan fingerprint density at radius 1 is 0.966 bits per heavy atom. The number of para-hydroxylation sites is 1. The first kappa shape index (κ1) is 20.9. The maximum absolute atomic E-state index is 12.8. The van der Waals surface area contributed by atoms with Crippen LogP contribution in [0, 0.1) is 0 Å². The Balaban J connectivity index is 1.67. The SMILES string of the molecule is CC(C)NC(=O)Nc1ccccc1C(=O)Nc1cccc(CN2CCCCC2)c1. The number of carbonyl (C=O) groups excluding carboxylic acids is 2. The molecule has 0 spiro atoms. The maximum atomic E-state index is 12.8. The predicted octanol–water partition coefficient (Wildman–Crippen LogP) is 4.45. The largest absolute Gasteiger partial charge is 0.336 e. The van der Waals surface area contributed by atoms with Crippen molar-refractivity contribution in [2.45, 2.75) is 45.7 Å². The lowest BCUT2D eigenvalue weighted by Gasteiger charge is -2.26. The fourth-order valence-electron chi connectivity index (χ4n) is 3.53. The lowest BCUT2D eigenvalue weighted by atomic mass is 10.1. The summed E-state index contributed by atoms with van der Waals surface area (Å²) in [6.45, 7) is 6.93. The summed E-state index contributed by atoms with van der Waals surface area (Å²) in [5.74, 6) is -0.249. The Hall–Kier alpha value is -2.86. The van der Waals surface area contributed by atoms with Crippen molar-refractivity contribution in [3.63, 3.8) is 0 Å². The van der Waals surface area contributed by atoms with Crippen molar-refractivity contribution >= 4 is 23.3 Å². The van der Waals surface area contributed by atoms with Gasteiger partial charge in [0.2, 0.25) is 0 Å². The molecule has 2 aromatic rings. The van der Waals surface area contributed by atoms with Crippen LogP contribution in [0.25, 0.3) is 0 Å². The molecule has 3 amide bonds. The molecule has 0 atom stereocenters. The molecule has 154 valence electrons. The van der Waals surface area contributed by atoms with E-state index in [2.05, 4.69) is 26.9 Å². The summed E-state index contributed by atoms with van der Waals surface area (Å²) in [6.07, 6.45) is 3.82. The van der Waals surface area contributed by atoms with E-state index in [1.165, 1.54) is 24.8 Å². The molecular weight excluding hydrogens is 364 g/mol. The predicted molar refractivity (Wildman–Crippen MR) is 117 cm³/mol. The van der Waals surface area contributed by atoms with Gasteiger partial charge in [-0.15, -0.1) is 0 Å². The van der Waals surface area contributed by atoms with Gasteiger partial charge < -0.3 is 16.0 Å². The van der Waals surface area contributed by atoms with Crippen molar-refractivity contribution in [2.24, 2.45) is 0 Å². The third-order valence-electron chi connectivity index (χ3n) is 4.88. The summed E-state index contributed by atoms with van der Waals surface area (Å²) in [7, 11) is 0. The lowest BCUT2D eigenvalue weighted by molar-refractivity contribution is 0.102. The Labute approximate surface area is 172 Å². The van der Waals surface area contributed by atoms with Gasteiger partial charge in [-0.05, 0) is 69.6 Å². The minimum absolute atomic E-state index is 0.0126. The zero-order chi connectivity index (χ0) is 20.6. The second-order valence-corrected chi connectivity index (χ2v) is 7.79. The minimum Gasteiger partial charge on any atom is -0.336 e. The van der Waals surface area contributed by atoms with Crippen molar-refractivity contribution in [2.75, 3.05) is 23.7 Å². The monoisotopic (exact) mass is 394 g/mol. The fourth-order valence-corrected chi connectivity index (χ4v) is 3.53. The second kappa shape index (κ2) is 10.1. The van der Waals surface area contributed by atoms with Gasteiger partial charge in [-0.25, -0.2) is 4.79 Å². The van der Waals surface area contributed by atoms with E-state index >= 15 is 0 Å². The van der Waals surface area contributed by atoms with Gasteiger partial charge >= 0.3 is 6.03 Å². The number of likely N-dealkylation sites (tertiary alicyclic amines) is 1. The number of piperidine rings is 1. The van der Waals surface area contributed by atoms with Gasteiger partial charge in [-0.3, -0.25) is 9.69 Å². The molecule has 1 fully saturated rings. The van der Waals surface area contributed by atoms with E-state index in [9.17, 15) is 9.59 Å². The van der Waals surface area contributed by atoms with Crippen LogP contribution in [0.15, 0.2) is 48.5 Å². The first-order valence-corrected chi connectivity index (χ1v) is 10.3. The van der Waals surface area contributed by atoms with Crippen molar-refractivity contribution in [1.29, 1.82) is 0 Å². The number of urea groups is 1. The molecule has 1 aliphatic heterocycles. The van der Waals surface area contributed by atoms with Gasteiger partial charge in [0.25, 0.3) is 5.91 Å². The van der Waals surface area contributed by atoms with E-state index in [-0.39, 0.29) is 18.0 Å². The highest BCUT2D eigenvalue weighted by Gasteiger charge is 2.15. The van der Waals surface area contributed by atoms with Crippen LogP contribution in [-0.4, -0.2) is 36.0 Å². The third kappa shape index (κ3) is 6.32. The van der Waals surface area contributed by atoms with Crippen LogP contribution in [0.2, 0.25) is 0 Å². The van der Waals surface area contributed by atoms with E-state index in [0.717, 1.165) is 25.3 Å². The molecule has 6 nitrogen and oxygen atoms in total. The Kier molecular flexibility index (Phi) is 7.25. The fraction of sp³-hybridized carbons (Fsp3) is 0.391. The molecule has 6 heteroatoms. The number of benzene rings is 2. The molecule has 0 saturated carbocycles. The van der Waals surface area contributed by atoms with Gasteiger partial charge in [0.05, 0.1) is 11.3 Å². The molecule has 2 aromatic carbocycles. The van der Waals surface area contributed by atoms with Gasteiger partial charge in [0.15, 0.2) is 0 Å². The highest BCUT2D eigenvalue weighted by molar-refractivity contribution is 6.10. The van der Waals surface area contributed by atoms with E-state index < -0.39 is 0 Å². The molecule has 29 heavy (non-hydrogen) atoms. The zero-order valence-electron chi connectivity index (χ0n) is 17.2. The maximum Gasteiger partial charge on any atom is 0.319 e. The standard InChI is InChI=1S/C23H30N4O2/c1-17(2)24-23(29)26-21-12-5-4-11-20(21)22(28)25-19-10-8-9-18(15-19)16-27-13-6-3-7-14-27/h4-5,8-12,15,17H,3,6-7,13-14,16H2,1-2H3,(H,25,28)(H2,24,26,29). The number of hydrogen-bond acceptors (Lipinski definition) is 3. The first-order valence-electron chi connectivity index (χ1n) is 10.3. The van der Waals surface area contributed by atoms with Crippen molar-refractivity contribution in [3.8, 4) is 0 Å². The molecule has 3 N–H and O–H groups in total. The van der Waals surface area contributed by atoms with Gasteiger partial charge in [-0.2, -0.15) is 0 Å². The summed E-state index contributed by atoms with van der Waals surface area (Å²) >= 11 is 0. The molecule has 1 aliphatic rings. The molecular formula is C23H30N4O2. The minimum atomic E-state index is -0.330. The summed E-state index contributed by atoms with van der Waals surface area (Å²) in [5, 5.41) is 8.48. The first-order chi connectivity index (χ1) is 14.0. The van der Waals surface area contributed by atoms with Crippen molar-refractivity contribution < 1.29 is 9.59 Å². The van der Waals surface area contributed by atoms with Crippen LogP contribution in [-0.2, 0) is 6.54 Å². The topological polar surface area (TPSA) is 73.5 Å². The number of anilines is 2. The van der Waals surface area contributed by atoms with Gasteiger partial charge in [-0.1, -0.05) is 30.7 Å². The molecule has 1 heterocycles. The normalized spacial score (nSPS) is 14.4. The van der Waals surface area contributed by atoms with Crippen LogP contribution >= 0.6 is 0 Å². The molecule has 0 bridgehead atoms. The van der Waals surface area contributed by atoms with E-state index in [0.29, 0.717) is 11.3 Å². The molecule has 0 radical (unpaired) electrons. The van der Waals surface area contributed by atoms with Crippen LogP contribution < -0.4 is 16.0 Å². The van der Waals surface area contributed by atoms with E-state index in [1.807, 2.05) is 32.0 Å². The quantitative estimate of drug-likeness (QED) is 0.677. The van der Waals surface area contributed by atoms with E-state index in [1.54, 1.807) is 24.3 Å². The van der Waals surface area contributed by atoms with Crippen LogP contribution in [0.4, 0.5) is 16.2 Å². The summed E-state index contributed by atoms with van der Waals surface area (Å²) in [6, 6.07) is 14.7. The number of nitrogens with one attached hydrogen (secondary N) is 3. The number of amides is 3. The van der Waals surface area contributed by atoms with Crippen molar-refractivity contribution in [1.82, 2.24) is 10.2 Å². The number of rotatable bonds is 6. The second-order valence-electron chi connectivity index (χ2n) is 7.79. The molecule has 0 unspecified atom stereocenters. The summed E-state index contributed by atoms with van der Waals surface area (Å²) in [5.41, 5.74) is 2.85. The number of hydrogen-bond donors (Lipinski definition) is 3. The smallest absolute Gasteiger partial charge is 0.319 e. The summed E-state index contributed by atoms with van der Waals surface area (Å²) < 4.78 is 0. The number of nitrogens with zero attached hydrogens (tertiary/aromatic N) is 1. The van der Waals surface area contributed by atoms with Gasteiger partial charge in [0.1, 0.15) is 0 Å². The van der Waals surface area contributed by atoms with E-state index in [4.69, 9.17) is 0 Å². The van der Waals surface area contributed by atoms with Crippen LogP contribution in [0.3, 0.4) is 0 Å². The third-order valence-corrected chi connectivity index (χ3v) is 4.88. The lowest BCUT2D eigenvalue weighted by Crippen LogP contribution is -2.34. The average Bonchev–Trinajstić information content (AvgIpc) is 2.69. The molecule has 3 rings (SSSR count). The molecule has 0 aliphatic carbocycles. The molecule has 1 saturated heterocycles. The van der Waals surface area contributed by atoms with Crippen LogP contribution in [0.1, 0.15) is 49.0 Å². The Morgan fingerprint density at radius 2 is 1.72 bits per heavy atom. The molecule has 0 aromatic heterocycles. The van der Waals surface area contributed by atoms with Gasteiger partial charge in [0, 0.05) is 18.3 Å². The van der Waals surface area contributed by atoms with Crippen LogP contribution in [0.5, 0.6) is 0 Å².